The van der Waals surface area contributed by atoms with Crippen LogP contribution in [0.25, 0.3) is 0 Å². The van der Waals surface area contributed by atoms with Gasteiger partial charge >= 0.3 is 5.97 Å². The lowest BCUT2D eigenvalue weighted by atomic mass is 9.79. The fraction of sp³-hybridized carbons (Fsp3) is 0.529. The van der Waals surface area contributed by atoms with Gasteiger partial charge in [0.15, 0.2) is 0 Å². The quantitative estimate of drug-likeness (QED) is 0.870. The second-order valence-corrected chi connectivity index (χ2v) is 6.52. The zero-order valence-electron chi connectivity index (χ0n) is 13.4. The fourth-order valence-corrected chi connectivity index (χ4v) is 2.71. The Morgan fingerprint density at radius 3 is 2.57 bits per heavy atom. The predicted octanol–water partition coefficient (Wildman–Crippen LogP) is 2.10. The Morgan fingerprint density at radius 2 is 2.00 bits per heavy atom. The number of hydrogen-bond acceptors (Lipinski definition) is 3. The topological polar surface area (TPSA) is 75.6 Å². The molecule has 0 spiro atoms. The van der Waals surface area contributed by atoms with Crippen LogP contribution < -0.4 is 5.32 Å². The Labute approximate surface area is 134 Å². The van der Waals surface area contributed by atoms with Crippen LogP contribution in [0.1, 0.15) is 32.3 Å². The Morgan fingerprint density at radius 1 is 1.35 bits per heavy atom. The summed E-state index contributed by atoms with van der Waals surface area (Å²) in [6, 6.07) is 5.88. The van der Waals surface area contributed by atoms with E-state index in [0.717, 1.165) is 0 Å². The number of carbonyl (C=O) groups is 2. The molecule has 1 saturated heterocycles. The number of benzene rings is 1. The van der Waals surface area contributed by atoms with Crippen molar-refractivity contribution in [3.63, 3.8) is 0 Å². The van der Waals surface area contributed by atoms with E-state index in [1.807, 2.05) is 0 Å². The lowest BCUT2D eigenvalue weighted by Gasteiger charge is -2.34. The number of carbonyl (C=O) groups excluding carboxylic acids is 1. The molecule has 1 aliphatic rings. The summed E-state index contributed by atoms with van der Waals surface area (Å²) in [5.41, 5.74) is -1.40. The Hall–Kier alpha value is -1.95. The number of nitrogens with one attached hydrogen (secondary N) is 1. The molecule has 126 valence electrons. The second-order valence-electron chi connectivity index (χ2n) is 6.52. The third kappa shape index (κ3) is 3.69. The molecule has 0 saturated carbocycles. The van der Waals surface area contributed by atoms with Crippen LogP contribution in [0.15, 0.2) is 24.3 Å². The monoisotopic (exact) mass is 323 g/mol. The first-order valence-corrected chi connectivity index (χ1v) is 7.63. The van der Waals surface area contributed by atoms with Crippen molar-refractivity contribution in [2.24, 2.45) is 5.41 Å². The summed E-state index contributed by atoms with van der Waals surface area (Å²) < 4.78 is 18.6. The maximum Gasteiger partial charge on any atom is 0.311 e. The van der Waals surface area contributed by atoms with Gasteiger partial charge in [0, 0.05) is 19.8 Å². The molecule has 2 rings (SSSR count). The van der Waals surface area contributed by atoms with Crippen molar-refractivity contribution in [2.75, 3.05) is 19.8 Å². The van der Waals surface area contributed by atoms with Crippen molar-refractivity contribution in [3.05, 3.63) is 35.6 Å². The summed E-state index contributed by atoms with van der Waals surface area (Å²) in [5, 5.41) is 12.2. The molecule has 1 aromatic rings. The van der Waals surface area contributed by atoms with Gasteiger partial charge in [-0.2, -0.15) is 0 Å². The van der Waals surface area contributed by atoms with Crippen molar-refractivity contribution in [2.45, 2.75) is 32.1 Å². The average molecular weight is 323 g/mol. The molecule has 1 fully saturated rings. The summed E-state index contributed by atoms with van der Waals surface area (Å²) in [5.74, 6) is -1.66. The summed E-state index contributed by atoms with van der Waals surface area (Å²) >= 11 is 0. The zero-order valence-corrected chi connectivity index (χ0v) is 13.4. The van der Waals surface area contributed by atoms with E-state index in [1.165, 1.54) is 12.1 Å². The number of rotatable bonds is 5. The minimum absolute atomic E-state index is 0.0449. The highest BCUT2D eigenvalue weighted by molar-refractivity contribution is 5.88. The summed E-state index contributed by atoms with van der Waals surface area (Å²) in [4.78, 5) is 24.1. The summed E-state index contributed by atoms with van der Waals surface area (Å²) in [7, 11) is 0. The molecule has 0 radical (unpaired) electrons. The van der Waals surface area contributed by atoms with E-state index in [0.29, 0.717) is 31.6 Å². The van der Waals surface area contributed by atoms with Gasteiger partial charge in [0.2, 0.25) is 5.91 Å². The van der Waals surface area contributed by atoms with Gasteiger partial charge in [0.1, 0.15) is 5.82 Å². The number of carboxylic acid groups (broad SMARTS) is 1. The second kappa shape index (κ2) is 6.66. The van der Waals surface area contributed by atoms with Crippen molar-refractivity contribution in [1.82, 2.24) is 5.32 Å². The van der Waals surface area contributed by atoms with E-state index in [1.54, 1.807) is 26.0 Å². The molecule has 23 heavy (non-hydrogen) atoms. The van der Waals surface area contributed by atoms with E-state index in [4.69, 9.17) is 4.74 Å². The van der Waals surface area contributed by atoms with Crippen LogP contribution >= 0.6 is 0 Å². The maximum atomic E-state index is 13.4. The molecule has 1 aliphatic heterocycles. The Bertz CT molecular complexity index is 594. The molecule has 1 aromatic carbocycles. The first kappa shape index (κ1) is 17.4. The highest BCUT2D eigenvalue weighted by Gasteiger charge is 2.41. The Kier molecular flexibility index (Phi) is 5.04. The van der Waals surface area contributed by atoms with Gasteiger partial charge in [0.05, 0.1) is 10.8 Å². The molecule has 0 aliphatic carbocycles. The lowest BCUT2D eigenvalue weighted by molar-refractivity contribution is -0.154. The van der Waals surface area contributed by atoms with Crippen LogP contribution in [-0.2, 0) is 19.7 Å². The third-order valence-corrected chi connectivity index (χ3v) is 4.60. The minimum Gasteiger partial charge on any atom is -0.481 e. The largest absolute Gasteiger partial charge is 0.481 e. The Balaban J connectivity index is 2.09. The normalized spacial score (nSPS) is 17.5. The van der Waals surface area contributed by atoms with Gasteiger partial charge in [-0.1, -0.05) is 12.1 Å². The fourth-order valence-electron chi connectivity index (χ4n) is 2.71. The molecule has 0 unspecified atom stereocenters. The molecule has 0 atom stereocenters. The highest BCUT2D eigenvalue weighted by Crippen LogP contribution is 2.31. The van der Waals surface area contributed by atoms with E-state index in [-0.39, 0.29) is 12.5 Å². The van der Waals surface area contributed by atoms with Crippen molar-refractivity contribution in [3.8, 4) is 0 Å². The molecule has 0 aromatic heterocycles. The van der Waals surface area contributed by atoms with Gasteiger partial charge in [-0.15, -0.1) is 0 Å². The summed E-state index contributed by atoms with van der Waals surface area (Å²) in [6.45, 7) is 4.16. The molecule has 0 bridgehead atoms. The first-order chi connectivity index (χ1) is 10.8. The van der Waals surface area contributed by atoms with Gasteiger partial charge in [0.25, 0.3) is 0 Å². The van der Waals surface area contributed by atoms with Crippen molar-refractivity contribution in [1.29, 1.82) is 0 Å². The van der Waals surface area contributed by atoms with Gasteiger partial charge < -0.3 is 15.2 Å². The molecule has 2 N–H and O–H groups in total. The number of carboxylic acids is 1. The molecular weight excluding hydrogens is 301 g/mol. The zero-order chi connectivity index (χ0) is 17.1. The highest BCUT2D eigenvalue weighted by atomic mass is 19.1. The van der Waals surface area contributed by atoms with Crippen LogP contribution in [-0.4, -0.2) is 36.7 Å². The third-order valence-electron chi connectivity index (χ3n) is 4.60. The van der Waals surface area contributed by atoms with Crippen LogP contribution in [0.3, 0.4) is 0 Å². The number of aliphatic carboxylic acids is 1. The first-order valence-electron chi connectivity index (χ1n) is 7.63. The summed E-state index contributed by atoms with van der Waals surface area (Å²) in [6.07, 6.45) is 0.728. The molecule has 1 heterocycles. The van der Waals surface area contributed by atoms with E-state index < -0.39 is 22.6 Å². The number of halogens is 1. The van der Waals surface area contributed by atoms with Gasteiger partial charge in [-0.25, -0.2) is 4.39 Å². The average Bonchev–Trinajstić information content (AvgIpc) is 2.53. The number of hydrogen-bond donors (Lipinski definition) is 2. The molecule has 6 heteroatoms. The van der Waals surface area contributed by atoms with Crippen LogP contribution in [0.4, 0.5) is 4.39 Å². The van der Waals surface area contributed by atoms with Crippen LogP contribution in [0, 0.1) is 11.2 Å². The van der Waals surface area contributed by atoms with Gasteiger partial charge in [-0.05, 0) is 44.4 Å². The smallest absolute Gasteiger partial charge is 0.311 e. The van der Waals surface area contributed by atoms with E-state index in [2.05, 4.69) is 5.32 Å². The minimum atomic E-state index is -0.994. The molecule has 1 amide bonds. The standard InChI is InChI=1S/C17H22FNO4/c1-16(2,12-4-3-5-13(18)10-12)14(20)19-11-17(15(21)22)6-8-23-9-7-17/h3-5,10H,6-9,11H2,1-2H3,(H,19,20)(H,21,22). The van der Waals surface area contributed by atoms with Crippen LogP contribution in [0.2, 0.25) is 0 Å². The lowest BCUT2D eigenvalue weighted by Crippen LogP contribution is -2.50. The number of amides is 1. The van der Waals surface area contributed by atoms with E-state index in [9.17, 15) is 19.1 Å². The SMILES string of the molecule is CC(C)(C(=O)NCC1(C(=O)O)CCOCC1)c1cccc(F)c1. The predicted molar refractivity (Wildman–Crippen MR) is 82.6 cm³/mol. The van der Waals surface area contributed by atoms with E-state index >= 15 is 0 Å². The molecular formula is C17H22FNO4. The molecule has 5 nitrogen and oxygen atoms in total. The number of ether oxygens (including phenoxy) is 1. The van der Waals surface area contributed by atoms with Crippen molar-refractivity contribution < 1.29 is 23.8 Å². The van der Waals surface area contributed by atoms with Crippen LogP contribution in [0.5, 0.6) is 0 Å². The maximum absolute atomic E-state index is 13.4. The van der Waals surface area contributed by atoms with Gasteiger partial charge in [-0.3, -0.25) is 9.59 Å². The van der Waals surface area contributed by atoms with Crippen molar-refractivity contribution >= 4 is 11.9 Å².